The fourth-order valence-corrected chi connectivity index (χ4v) is 2.69. The topological polar surface area (TPSA) is 63.6 Å². The maximum atomic E-state index is 11.7. The number of allylic oxidation sites excluding steroid dienone is 2. The summed E-state index contributed by atoms with van der Waals surface area (Å²) in [6.07, 6.45) is 9.51. The fourth-order valence-electron chi connectivity index (χ4n) is 2.69. The molecule has 0 aromatic heterocycles. The predicted molar refractivity (Wildman–Crippen MR) is 55.1 cm³/mol. The summed E-state index contributed by atoms with van der Waals surface area (Å²) in [5.74, 6) is -0.474. The van der Waals surface area contributed by atoms with Crippen LogP contribution in [0.5, 0.6) is 0 Å². The van der Waals surface area contributed by atoms with Gasteiger partial charge in [-0.05, 0) is 18.3 Å². The molecule has 1 N–H and O–H groups in total. The first-order valence-corrected chi connectivity index (χ1v) is 5.16. The average molecular weight is 220 g/mol. The SMILES string of the molecule is C#CCOC(=O)C1C(C(=O)O)[C@@H]2C=C[C@H]1C2. The minimum Gasteiger partial charge on any atom is -0.481 e. The van der Waals surface area contributed by atoms with Gasteiger partial charge in [0.05, 0.1) is 11.8 Å². The minimum absolute atomic E-state index is 0.00336. The zero-order chi connectivity index (χ0) is 11.7. The Bertz CT molecular complexity index is 390. The van der Waals surface area contributed by atoms with Crippen molar-refractivity contribution in [1.82, 2.24) is 0 Å². The molecule has 0 saturated heterocycles. The van der Waals surface area contributed by atoms with Gasteiger partial charge in [0, 0.05) is 0 Å². The number of carboxylic acid groups (broad SMARTS) is 1. The van der Waals surface area contributed by atoms with Crippen LogP contribution in [-0.4, -0.2) is 23.7 Å². The molecule has 16 heavy (non-hydrogen) atoms. The van der Waals surface area contributed by atoms with Crippen LogP contribution in [0.1, 0.15) is 6.42 Å². The van der Waals surface area contributed by atoms with E-state index in [9.17, 15) is 9.59 Å². The molecule has 0 spiro atoms. The van der Waals surface area contributed by atoms with E-state index in [0.717, 1.165) is 6.42 Å². The van der Waals surface area contributed by atoms with Gasteiger partial charge in [-0.3, -0.25) is 9.59 Å². The summed E-state index contributed by atoms with van der Waals surface area (Å²) in [7, 11) is 0. The van der Waals surface area contributed by atoms with Crippen molar-refractivity contribution < 1.29 is 19.4 Å². The van der Waals surface area contributed by atoms with Crippen LogP contribution in [0.25, 0.3) is 0 Å². The third-order valence-corrected chi connectivity index (χ3v) is 3.31. The molecule has 0 aromatic carbocycles. The molecule has 0 heterocycles. The van der Waals surface area contributed by atoms with Crippen molar-refractivity contribution >= 4 is 11.9 Å². The lowest BCUT2D eigenvalue weighted by molar-refractivity contribution is -0.157. The Morgan fingerprint density at radius 3 is 2.56 bits per heavy atom. The Labute approximate surface area is 93.3 Å². The van der Waals surface area contributed by atoms with Crippen LogP contribution >= 0.6 is 0 Å². The van der Waals surface area contributed by atoms with Crippen LogP contribution in [0.3, 0.4) is 0 Å². The Hall–Kier alpha value is -1.76. The lowest BCUT2D eigenvalue weighted by Gasteiger charge is -2.22. The van der Waals surface area contributed by atoms with Crippen molar-refractivity contribution in [3.8, 4) is 12.3 Å². The van der Waals surface area contributed by atoms with Gasteiger partial charge < -0.3 is 9.84 Å². The number of carboxylic acids is 1. The first-order valence-electron chi connectivity index (χ1n) is 5.16. The first kappa shape index (κ1) is 10.7. The molecule has 0 radical (unpaired) electrons. The normalized spacial score (nSPS) is 34.7. The second kappa shape index (κ2) is 4.01. The van der Waals surface area contributed by atoms with Gasteiger partial charge in [0.15, 0.2) is 6.61 Å². The highest BCUT2D eigenvalue weighted by Gasteiger charge is 2.52. The van der Waals surface area contributed by atoms with Gasteiger partial charge in [-0.15, -0.1) is 6.42 Å². The smallest absolute Gasteiger partial charge is 0.311 e. The van der Waals surface area contributed by atoms with Crippen LogP contribution in [0.15, 0.2) is 12.2 Å². The van der Waals surface area contributed by atoms with Crippen LogP contribution in [0.4, 0.5) is 0 Å². The van der Waals surface area contributed by atoms with E-state index in [-0.39, 0.29) is 18.4 Å². The third-order valence-electron chi connectivity index (χ3n) is 3.31. The number of fused-ring (bicyclic) bond motifs is 2. The molecule has 2 aliphatic rings. The Balaban J connectivity index is 2.14. The number of carbonyl (C=O) groups excluding carboxylic acids is 1. The van der Waals surface area contributed by atoms with Gasteiger partial charge in [-0.25, -0.2) is 0 Å². The van der Waals surface area contributed by atoms with Gasteiger partial charge >= 0.3 is 11.9 Å². The van der Waals surface area contributed by atoms with Gasteiger partial charge in [0.1, 0.15) is 0 Å². The van der Waals surface area contributed by atoms with Gasteiger partial charge in [0.2, 0.25) is 0 Å². The molecule has 0 aliphatic heterocycles. The van der Waals surface area contributed by atoms with E-state index in [1.165, 1.54) is 0 Å². The molecule has 84 valence electrons. The van der Waals surface area contributed by atoms with Crippen molar-refractivity contribution in [3.05, 3.63) is 12.2 Å². The van der Waals surface area contributed by atoms with Crippen LogP contribution in [-0.2, 0) is 14.3 Å². The van der Waals surface area contributed by atoms with Crippen LogP contribution < -0.4 is 0 Å². The average Bonchev–Trinajstić information content (AvgIpc) is 2.84. The van der Waals surface area contributed by atoms with Crippen molar-refractivity contribution in [3.63, 3.8) is 0 Å². The Morgan fingerprint density at radius 1 is 1.38 bits per heavy atom. The molecule has 1 fully saturated rings. The number of hydrogen-bond acceptors (Lipinski definition) is 3. The first-order chi connectivity index (χ1) is 7.65. The highest BCUT2D eigenvalue weighted by molar-refractivity contribution is 5.83. The molecular formula is C12H12O4. The third kappa shape index (κ3) is 1.58. The lowest BCUT2D eigenvalue weighted by atomic mass is 9.83. The molecule has 4 nitrogen and oxygen atoms in total. The molecule has 4 heteroatoms. The largest absolute Gasteiger partial charge is 0.481 e. The minimum atomic E-state index is -0.931. The predicted octanol–water partition coefficient (Wildman–Crippen LogP) is 0.686. The number of rotatable bonds is 3. The number of carbonyl (C=O) groups is 2. The van der Waals surface area contributed by atoms with E-state index in [2.05, 4.69) is 5.92 Å². The summed E-state index contributed by atoms with van der Waals surface area (Å²) < 4.78 is 4.84. The van der Waals surface area contributed by atoms with Crippen molar-refractivity contribution in [2.24, 2.45) is 23.7 Å². The maximum Gasteiger partial charge on any atom is 0.311 e. The molecular weight excluding hydrogens is 208 g/mol. The van der Waals surface area contributed by atoms with E-state index in [0.29, 0.717) is 0 Å². The van der Waals surface area contributed by atoms with Gasteiger partial charge in [-0.1, -0.05) is 18.1 Å². The van der Waals surface area contributed by atoms with E-state index in [4.69, 9.17) is 16.3 Å². The summed E-state index contributed by atoms with van der Waals surface area (Å²) in [6.45, 7) is -0.0945. The molecule has 4 atom stereocenters. The van der Waals surface area contributed by atoms with E-state index in [1.807, 2.05) is 12.2 Å². The molecule has 1 saturated carbocycles. The van der Waals surface area contributed by atoms with Crippen molar-refractivity contribution in [2.75, 3.05) is 6.61 Å². The Morgan fingerprint density at radius 2 is 2.00 bits per heavy atom. The zero-order valence-corrected chi connectivity index (χ0v) is 8.63. The molecule has 0 amide bonds. The maximum absolute atomic E-state index is 11.7. The van der Waals surface area contributed by atoms with Crippen LogP contribution in [0, 0.1) is 36.0 Å². The van der Waals surface area contributed by atoms with E-state index >= 15 is 0 Å². The molecule has 0 aromatic rings. The Kier molecular flexibility index (Phi) is 2.69. The fraction of sp³-hybridized carbons (Fsp3) is 0.500. The highest BCUT2D eigenvalue weighted by Crippen LogP contribution is 2.48. The lowest BCUT2D eigenvalue weighted by Crippen LogP contribution is -2.34. The summed E-state index contributed by atoms with van der Waals surface area (Å²) in [6, 6.07) is 0. The van der Waals surface area contributed by atoms with E-state index < -0.39 is 23.8 Å². The van der Waals surface area contributed by atoms with Crippen LogP contribution in [0.2, 0.25) is 0 Å². The van der Waals surface area contributed by atoms with Crippen molar-refractivity contribution in [1.29, 1.82) is 0 Å². The standard InChI is InChI=1S/C12H12O4/c1-2-5-16-12(15)10-8-4-3-7(6-8)9(10)11(13)14/h1,3-4,7-10H,5-6H2,(H,13,14)/t7-,8+,9?,10?/m1/s1. The quantitative estimate of drug-likeness (QED) is 0.431. The second-order valence-electron chi connectivity index (χ2n) is 4.15. The van der Waals surface area contributed by atoms with Gasteiger partial charge in [0.25, 0.3) is 0 Å². The number of terminal acetylenes is 1. The summed E-state index contributed by atoms with van der Waals surface area (Å²) in [4.78, 5) is 22.8. The van der Waals surface area contributed by atoms with Gasteiger partial charge in [-0.2, -0.15) is 0 Å². The van der Waals surface area contributed by atoms with Crippen molar-refractivity contribution in [2.45, 2.75) is 6.42 Å². The molecule has 2 bridgehead atoms. The molecule has 2 rings (SSSR count). The summed E-state index contributed by atoms with van der Waals surface area (Å²) in [5.41, 5.74) is 0. The second-order valence-corrected chi connectivity index (χ2v) is 4.15. The number of esters is 1. The number of hydrogen-bond donors (Lipinski definition) is 1. The number of aliphatic carboxylic acids is 1. The monoisotopic (exact) mass is 220 g/mol. The summed E-state index contributed by atoms with van der Waals surface area (Å²) >= 11 is 0. The number of ether oxygens (including phenoxy) is 1. The zero-order valence-electron chi connectivity index (χ0n) is 8.63. The summed E-state index contributed by atoms with van der Waals surface area (Å²) in [5, 5.41) is 9.10. The molecule has 2 unspecified atom stereocenters. The highest BCUT2D eigenvalue weighted by atomic mass is 16.5. The van der Waals surface area contributed by atoms with E-state index in [1.54, 1.807) is 0 Å². The molecule has 2 aliphatic carbocycles.